The Morgan fingerprint density at radius 1 is 1.21 bits per heavy atom. The lowest BCUT2D eigenvalue weighted by Crippen LogP contribution is -2.34. The maximum atomic E-state index is 13.4. The average molecular weight is 519 g/mol. The third-order valence-electron chi connectivity index (χ3n) is 6.82. The molecule has 1 aliphatic heterocycles. The maximum absolute atomic E-state index is 13.4. The predicted molar refractivity (Wildman–Crippen MR) is 143 cm³/mol. The number of nitrogens with zero attached hydrogens (tertiary/aromatic N) is 5. The molecule has 1 atom stereocenters. The van der Waals surface area contributed by atoms with Gasteiger partial charge in [0.15, 0.2) is 0 Å². The molecule has 3 heterocycles. The minimum atomic E-state index is -0.963. The molecular formula is C28H31FN6O3. The number of aromatic nitrogens is 4. The topological polar surface area (TPSA) is 105 Å². The molecule has 1 unspecified atom stereocenters. The van der Waals surface area contributed by atoms with Crippen LogP contribution in [0.5, 0.6) is 0 Å². The van der Waals surface area contributed by atoms with Crippen molar-refractivity contribution in [2.45, 2.75) is 51.3 Å². The molecule has 0 saturated carbocycles. The Labute approximate surface area is 219 Å². The van der Waals surface area contributed by atoms with E-state index >= 15 is 0 Å². The van der Waals surface area contributed by atoms with Crippen molar-refractivity contribution < 1.29 is 19.1 Å². The van der Waals surface area contributed by atoms with E-state index in [4.69, 9.17) is 4.98 Å². The third kappa shape index (κ3) is 5.17. The summed E-state index contributed by atoms with van der Waals surface area (Å²) in [5.74, 6) is -0.622. The summed E-state index contributed by atoms with van der Waals surface area (Å²) in [5.41, 5.74) is 1.61. The molecule has 2 N–H and O–H groups in total. The zero-order valence-electron chi connectivity index (χ0n) is 21.5. The van der Waals surface area contributed by atoms with Crippen molar-refractivity contribution in [2.75, 3.05) is 18.4 Å². The van der Waals surface area contributed by atoms with Crippen LogP contribution in [-0.4, -0.2) is 59.8 Å². The number of aliphatic hydroxyl groups is 1. The zero-order valence-corrected chi connectivity index (χ0v) is 21.5. The molecule has 0 spiro atoms. The first-order valence-corrected chi connectivity index (χ1v) is 12.7. The molecule has 0 aliphatic carbocycles. The van der Waals surface area contributed by atoms with E-state index in [1.54, 1.807) is 29.6 Å². The Balaban J connectivity index is 1.63. The Bertz CT molecular complexity index is 1520. The summed E-state index contributed by atoms with van der Waals surface area (Å²) in [6.45, 7) is 8.47. The normalized spacial score (nSPS) is 16.5. The lowest BCUT2D eigenvalue weighted by molar-refractivity contribution is -0.126. The lowest BCUT2D eigenvalue weighted by atomic mass is 10.1. The minimum Gasteiger partial charge on any atom is -0.389 e. The Morgan fingerprint density at radius 3 is 2.68 bits per heavy atom. The number of anilines is 1. The number of likely N-dealkylation sites (tertiary alicyclic amines) is 1. The van der Waals surface area contributed by atoms with Gasteiger partial charge in [0.2, 0.25) is 11.9 Å². The van der Waals surface area contributed by atoms with Gasteiger partial charge in [0, 0.05) is 24.0 Å². The molecule has 10 heteroatoms. The van der Waals surface area contributed by atoms with Crippen LogP contribution < -0.4 is 5.32 Å². The number of imidazole rings is 1. The van der Waals surface area contributed by atoms with Crippen LogP contribution in [-0.2, 0) is 11.3 Å². The van der Waals surface area contributed by atoms with Crippen molar-refractivity contribution >= 4 is 39.7 Å². The van der Waals surface area contributed by atoms with E-state index in [0.29, 0.717) is 36.7 Å². The van der Waals surface area contributed by atoms with Gasteiger partial charge in [-0.15, -0.1) is 0 Å². The first-order chi connectivity index (χ1) is 18.1. The molecular weight excluding hydrogens is 487 g/mol. The standard InChI is InChI=1S/C28H31FN6O3/c1-4-25(36)33-12-6-5-7-21(16-33)35-24-14-23-19(15-30-34(23)17-28(2,3)38)13-22(24)31-27(35)32-26(37)18-8-10-20(29)11-9-18/h4,8-11,13-15,21,38H,1,5-7,12,16-17H2,2-3H3,(H,31,32,37). The van der Waals surface area contributed by atoms with Crippen LogP contribution in [0.3, 0.4) is 0 Å². The van der Waals surface area contributed by atoms with Crippen molar-refractivity contribution in [3.63, 3.8) is 0 Å². The first kappa shape index (κ1) is 25.6. The van der Waals surface area contributed by atoms with Crippen LogP contribution in [0.2, 0.25) is 0 Å². The molecule has 5 rings (SSSR count). The van der Waals surface area contributed by atoms with E-state index in [9.17, 15) is 19.1 Å². The number of hydrogen-bond donors (Lipinski definition) is 2. The van der Waals surface area contributed by atoms with Gasteiger partial charge in [-0.3, -0.25) is 19.6 Å². The number of nitrogens with one attached hydrogen (secondary N) is 1. The average Bonchev–Trinajstić information content (AvgIpc) is 3.30. The minimum absolute atomic E-state index is 0.135. The van der Waals surface area contributed by atoms with Crippen LogP contribution in [0.1, 0.15) is 49.5 Å². The maximum Gasteiger partial charge on any atom is 0.257 e. The van der Waals surface area contributed by atoms with Crippen molar-refractivity contribution in [3.05, 3.63) is 66.6 Å². The number of carbonyl (C=O) groups is 2. The fourth-order valence-corrected chi connectivity index (χ4v) is 5.05. The van der Waals surface area contributed by atoms with Crippen LogP contribution in [0.15, 0.2) is 55.3 Å². The van der Waals surface area contributed by atoms with Crippen molar-refractivity contribution in [2.24, 2.45) is 0 Å². The summed E-state index contributed by atoms with van der Waals surface area (Å²) in [6.07, 6.45) is 5.60. The number of hydrogen-bond acceptors (Lipinski definition) is 5. The van der Waals surface area contributed by atoms with Gasteiger partial charge >= 0.3 is 0 Å². The van der Waals surface area contributed by atoms with Gasteiger partial charge < -0.3 is 14.6 Å². The largest absolute Gasteiger partial charge is 0.389 e. The molecule has 38 heavy (non-hydrogen) atoms. The highest BCUT2D eigenvalue weighted by molar-refractivity contribution is 6.04. The lowest BCUT2D eigenvalue weighted by Gasteiger charge is -2.26. The number of halogens is 1. The SMILES string of the molecule is C=CC(=O)N1CCCCC(n2c(NC(=O)c3ccc(F)cc3)nc3cc4cnn(CC(C)(C)O)c4cc32)C1. The van der Waals surface area contributed by atoms with Crippen molar-refractivity contribution in [3.8, 4) is 0 Å². The molecule has 1 aliphatic rings. The Kier molecular flexibility index (Phi) is 6.75. The summed E-state index contributed by atoms with van der Waals surface area (Å²) in [6, 6.07) is 9.05. The molecule has 0 bridgehead atoms. The molecule has 1 fully saturated rings. The van der Waals surface area contributed by atoms with Gasteiger partial charge in [-0.2, -0.15) is 5.10 Å². The van der Waals surface area contributed by atoms with Crippen LogP contribution in [0, 0.1) is 5.82 Å². The smallest absolute Gasteiger partial charge is 0.257 e. The van der Waals surface area contributed by atoms with Crippen molar-refractivity contribution in [1.82, 2.24) is 24.2 Å². The summed E-state index contributed by atoms with van der Waals surface area (Å²) >= 11 is 0. The monoisotopic (exact) mass is 518 g/mol. The first-order valence-electron chi connectivity index (χ1n) is 12.7. The van der Waals surface area contributed by atoms with Crippen LogP contribution in [0.4, 0.5) is 10.3 Å². The van der Waals surface area contributed by atoms with Gasteiger partial charge in [0.25, 0.3) is 5.91 Å². The van der Waals surface area contributed by atoms with E-state index < -0.39 is 17.3 Å². The number of benzene rings is 2. The highest BCUT2D eigenvalue weighted by Crippen LogP contribution is 2.33. The molecule has 2 aromatic heterocycles. The number of rotatable bonds is 6. The fraction of sp³-hybridized carbons (Fsp3) is 0.357. The highest BCUT2D eigenvalue weighted by Gasteiger charge is 2.27. The Hall–Kier alpha value is -4.05. The number of carbonyl (C=O) groups excluding carboxylic acids is 2. The quantitative estimate of drug-likeness (QED) is 0.371. The summed E-state index contributed by atoms with van der Waals surface area (Å²) < 4.78 is 17.2. The predicted octanol–water partition coefficient (Wildman–Crippen LogP) is 4.29. The molecule has 1 saturated heterocycles. The molecule has 198 valence electrons. The fourth-order valence-electron chi connectivity index (χ4n) is 5.05. The van der Waals surface area contributed by atoms with Gasteiger partial charge in [-0.05, 0) is 75.6 Å². The molecule has 0 radical (unpaired) electrons. The van der Waals surface area contributed by atoms with Crippen molar-refractivity contribution in [1.29, 1.82) is 0 Å². The van der Waals surface area contributed by atoms with Crippen LogP contribution in [0.25, 0.3) is 21.9 Å². The summed E-state index contributed by atoms with van der Waals surface area (Å²) in [4.78, 5) is 32.2. The van der Waals surface area contributed by atoms with Crippen LogP contribution >= 0.6 is 0 Å². The molecule has 9 nitrogen and oxygen atoms in total. The zero-order chi connectivity index (χ0) is 27.0. The van der Waals surface area contributed by atoms with E-state index in [2.05, 4.69) is 17.0 Å². The third-order valence-corrected chi connectivity index (χ3v) is 6.82. The molecule has 4 aromatic rings. The highest BCUT2D eigenvalue weighted by atomic mass is 19.1. The molecule has 2 aromatic carbocycles. The number of amides is 2. The molecule has 2 amide bonds. The second-order valence-corrected chi connectivity index (χ2v) is 10.4. The van der Waals surface area contributed by atoms with E-state index in [0.717, 1.165) is 35.7 Å². The Morgan fingerprint density at radius 2 is 1.97 bits per heavy atom. The van der Waals surface area contributed by atoms with Gasteiger partial charge in [0.1, 0.15) is 5.82 Å². The number of fused-ring (bicyclic) bond motifs is 2. The second-order valence-electron chi connectivity index (χ2n) is 10.4. The van der Waals surface area contributed by atoms with E-state index in [-0.39, 0.29) is 11.9 Å². The van der Waals surface area contributed by atoms with Gasteiger partial charge in [-0.25, -0.2) is 9.37 Å². The van der Waals surface area contributed by atoms with E-state index in [1.807, 2.05) is 16.7 Å². The van der Waals surface area contributed by atoms with Gasteiger partial charge in [0.05, 0.1) is 40.9 Å². The van der Waals surface area contributed by atoms with E-state index in [1.165, 1.54) is 30.3 Å². The summed E-state index contributed by atoms with van der Waals surface area (Å²) in [5, 5.41) is 18.6. The summed E-state index contributed by atoms with van der Waals surface area (Å²) in [7, 11) is 0. The van der Waals surface area contributed by atoms with Gasteiger partial charge in [-0.1, -0.05) is 6.58 Å². The second kappa shape index (κ2) is 10.0.